The van der Waals surface area contributed by atoms with Crippen LogP contribution in [0.3, 0.4) is 0 Å². The van der Waals surface area contributed by atoms with E-state index in [1.54, 1.807) is 7.11 Å². The van der Waals surface area contributed by atoms with Gasteiger partial charge in [-0.2, -0.15) is 0 Å². The Kier molecular flexibility index (Phi) is 5.29. The lowest BCUT2D eigenvalue weighted by Crippen LogP contribution is -2.43. The molecule has 0 bridgehead atoms. The van der Waals surface area contributed by atoms with Crippen LogP contribution in [-0.2, 0) is 9.59 Å². The number of hydrogen-bond donors (Lipinski definition) is 2. The molecule has 1 saturated carbocycles. The molecule has 0 spiro atoms. The minimum Gasteiger partial charge on any atom is -0.497 e. The number of nitrogens with one attached hydrogen (secondary N) is 1. The number of piperidine rings is 1. The first-order valence-electron chi connectivity index (χ1n) is 10.2. The molecule has 6 heteroatoms. The molecule has 0 radical (unpaired) electrons. The minimum atomic E-state index is -0.758. The Bertz CT molecular complexity index is 867. The predicted octanol–water partition coefficient (Wildman–Crippen LogP) is 3.77. The molecule has 2 unspecified atom stereocenters. The molecule has 150 valence electrons. The maximum absolute atomic E-state index is 12.9. The standard InChI is InChI=1S/C22H28N2O4/c1-28-17-5-6-20-18(12-17)19(13-23-20)14-7-9-24(10-8-14)21(25)15-3-2-4-16(11-15)22(26)27/h5-6,12-16,23H,2-4,7-11H2,1H3,(H,26,27). The number of ether oxygens (including phenoxy) is 1. The molecule has 2 heterocycles. The molecule has 1 aromatic heterocycles. The van der Waals surface area contributed by atoms with Gasteiger partial charge in [0.05, 0.1) is 13.0 Å². The summed E-state index contributed by atoms with van der Waals surface area (Å²) in [5.74, 6) is 0.190. The first-order chi connectivity index (χ1) is 13.6. The van der Waals surface area contributed by atoms with Gasteiger partial charge >= 0.3 is 5.97 Å². The van der Waals surface area contributed by atoms with Gasteiger partial charge in [-0.1, -0.05) is 6.42 Å². The third kappa shape index (κ3) is 3.60. The summed E-state index contributed by atoms with van der Waals surface area (Å²) in [4.78, 5) is 29.5. The van der Waals surface area contributed by atoms with Gasteiger partial charge in [-0.25, -0.2) is 0 Å². The number of aromatic amines is 1. The fraction of sp³-hybridized carbons (Fsp3) is 0.545. The van der Waals surface area contributed by atoms with Crippen LogP contribution in [0.4, 0.5) is 0 Å². The summed E-state index contributed by atoms with van der Waals surface area (Å²) in [7, 11) is 1.68. The number of aromatic nitrogens is 1. The molecule has 1 saturated heterocycles. The second kappa shape index (κ2) is 7.86. The number of aliphatic carboxylic acids is 1. The lowest BCUT2D eigenvalue weighted by molar-refractivity contribution is -0.145. The number of methoxy groups -OCH3 is 1. The summed E-state index contributed by atoms with van der Waals surface area (Å²) in [5, 5.41) is 10.5. The van der Waals surface area contributed by atoms with E-state index in [9.17, 15) is 14.7 Å². The van der Waals surface area contributed by atoms with E-state index in [4.69, 9.17) is 4.74 Å². The van der Waals surface area contributed by atoms with Gasteiger partial charge < -0.3 is 19.7 Å². The molecule has 4 rings (SSSR count). The highest BCUT2D eigenvalue weighted by molar-refractivity contribution is 5.85. The number of benzene rings is 1. The fourth-order valence-electron chi connectivity index (χ4n) is 4.89. The Labute approximate surface area is 164 Å². The highest BCUT2D eigenvalue weighted by Gasteiger charge is 2.35. The molecular weight excluding hydrogens is 356 g/mol. The predicted molar refractivity (Wildman–Crippen MR) is 106 cm³/mol. The molecule has 2 aliphatic rings. The van der Waals surface area contributed by atoms with Gasteiger partial charge in [-0.05, 0) is 61.8 Å². The first-order valence-corrected chi connectivity index (χ1v) is 10.2. The number of rotatable bonds is 4. The van der Waals surface area contributed by atoms with Crippen LogP contribution in [0.1, 0.15) is 50.0 Å². The summed E-state index contributed by atoms with van der Waals surface area (Å²) in [6, 6.07) is 6.07. The molecular formula is C22H28N2O4. The minimum absolute atomic E-state index is 0.122. The molecule has 1 amide bonds. The van der Waals surface area contributed by atoms with Crippen LogP contribution in [0.2, 0.25) is 0 Å². The second-order valence-corrected chi connectivity index (χ2v) is 8.15. The monoisotopic (exact) mass is 384 g/mol. The van der Waals surface area contributed by atoms with E-state index in [-0.39, 0.29) is 17.7 Å². The van der Waals surface area contributed by atoms with Crippen molar-refractivity contribution in [1.82, 2.24) is 9.88 Å². The number of carboxylic acid groups (broad SMARTS) is 1. The number of H-pyrrole nitrogens is 1. The molecule has 2 atom stereocenters. The summed E-state index contributed by atoms with van der Waals surface area (Å²) in [6.07, 6.45) is 6.81. The average molecular weight is 384 g/mol. The molecule has 6 nitrogen and oxygen atoms in total. The Hall–Kier alpha value is -2.50. The molecule has 1 aliphatic heterocycles. The van der Waals surface area contributed by atoms with E-state index >= 15 is 0 Å². The van der Waals surface area contributed by atoms with Gasteiger partial charge in [0.25, 0.3) is 0 Å². The largest absolute Gasteiger partial charge is 0.497 e. The van der Waals surface area contributed by atoms with Crippen LogP contribution in [0, 0.1) is 11.8 Å². The average Bonchev–Trinajstić information content (AvgIpc) is 3.16. The zero-order valence-corrected chi connectivity index (χ0v) is 16.3. The van der Waals surface area contributed by atoms with E-state index in [2.05, 4.69) is 17.2 Å². The van der Waals surface area contributed by atoms with Crippen molar-refractivity contribution in [2.45, 2.75) is 44.4 Å². The van der Waals surface area contributed by atoms with E-state index in [0.29, 0.717) is 18.8 Å². The fourth-order valence-corrected chi connectivity index (χ4v) is 4.89. The summed E-state index contributed by atoms with van der Waals surface area (Å²) in [6.45, 7) is 1.49. The highest BCUT2D eigenvalue weighted by Crippen LogP contribution is 2.36. The SMILES string of the molecule is COc1ccc2[nH]cc(C3CCN(C(=O)C4CCCC(C(=O)O)C4)CC3)c2c1. The van der Waals surface area contributed by atoms with Gasteiger partial charge in [0.1, 0.15) is 5.75 Å². The van der Waals surface area contributed by atoms with Crippen molar-refractivity contribution in [1.29, 1.82) is 0 Å². The topological polar surface area (TPSA) is 82.6 Å². The lowest BCUT2D eigenvalue weighted by Gasteiger charge is -2.36. The number of carbonyl (C=O) groups is 2. The van der Waals surface area contributed by atoms with Crippen molar-refractivity contribution in [3.05, 3.63) is 30.0 Å². The van der Waals surface area contributed by atoms with Gasteiger partial charge in [0.15, 0.2) is 0 Å². The highest BCUT2D eigenvalue weighted by atomic mass is 16.5. The van der Waals surface area contributed by atoms with E-state index < -0.39 is 5.97 Å². The van der Waals surface area contributed by atoms with E-state index in [1.165, 1.54) is 10.9 Å². The van der Waals surface area contributed by atoms with Crippen molar-refractivity contribution < 1.29 is 19.4 Å². The summed E-state index contributed by atoms with van der Waals surface area (Å²) < 4.78 is 5.37. The van der Waals surface area contributed by atoms with Gasteiger partial charge in [0, 0.05) is 36.1 Å². The van der Waals surface area contributed by atoms with Crippen LogP contribution >= 0.6 is 0 Å². The Morgan fingerprint density at radius 3 is 2.61 bits per heavy atom. The van der Waals surface area contributed by atoms with Gasteiger partial charge in [-0.15, -0.1) is 0 Å². The maximum Gasteiger partial charge on any atom is 0.306 e. The number of nitrogens with zero attached hydrogens (tertiary/aromatic N) is 1. The Morgan fingerprint density at radius 2 is 1.89 bits per heavy atom. The van der Waals surface area contributed by atoms with Gasteiger partial charge in [-0.3, -0.25) is 9.59 Å². The third-order valence-corrected chi connectivity index (χ3v) is 6.54. The number of fused-ring (bicyclic) bond motifs is 1. The van der Waals surface area contributed by atoms with E-state index in [1.807, 2.05) is 17.0 Å². The molecule has 1 aromatic carbocycles. The quantitative estimate of drug-likeness (QED) is 0.840. The van der Waals surface area contributed by atoms with Crippen molar-refractivity contribution in [3.63, 3.8) is 0 Å². The van der Waals surface area contributed by atoms with Crippen molar-refractivity contribution in [3.8, 4) is 5.75 Å². The smallest absolute Gasteiger partial charge is 0.306 e. The number of hydrogen-bond acceptors (Lipinski definition) is 3. The molecule has 2 N–H and O–H groups in total. The van der Waals surface area contributed by atoms with E-state index in [0.717, 1.165) is 50.0 Å². The lowest BCUT2D eigenvalue weighted by atomic mass is 9.80. The number of likely N-dealkylation sites (tertiary alicyclic amines) is 1. The number of carbonyl (C=O) groups excluding carboxylic acids is 1. The van der Waals surface area contributed by atoms with Crippen LogP contribution in [0.25, 0.3) is 10.9 Å². The molecule has 2 fully saturated rings. The summed E-state index contributed by atoms with van der Waals surface area (Å²) in [5.41, 5.74) is 2.40. The molecule has 2 aromatic rings. The third-order valence-electron chi connectivity index (χ3n) is 6.54. The Morgan fingerprint density at radius 1 is 1.14 bits per heavy atom. The van der Waals surface area contributed by atoms with Crippen molar-refractivity contribution in [2.24, 2.45) is 11.8 Å². The maximum atomic E-state index is 12.9. The zero-order chi connectivity index (χ0) is 19.7. The van der Waals surface area contributed by atoms with Crippen molar-refractivity contribution >= 4 is 22.8 Å². The zero-order valence-electron chi connectivity index (χ0n) is 16.3. The first kappa shape index (κ1) is 18.8. The van der Waals surface area contributed by atoms with Crippen LogP contribution in [0.15, 0.2) is 24.4 Å². The summed E-state index contributed by atoms with van der Waals surface area (Å²) >= 11 is 0. The van der Waals surface area contributed by atoms with Crippen molar-refractivity contribution in [2.75, 3.05) is 20.2 Å². The van der Waals surface area contributed by atoms with Crippen LogP contribution in [-0.4, -0.2) is 47.1 Å². The normalized spacial score (nSPS) is 23.7. The van der Waals surface area contributed by atoms with Crippen LogP contribution < -0.4 is 4.74 Å². The second-order valence-electron chi connectivity index (χ2n) is 8.15. The Balaban J connectivity index is 1.41. The molecule has 1 aliphatic carbocycles. The molecule has 28 heavy (non-hydrogen) atoms. The van der Waals surface area contributed by atoms with Crippen LogP contribution in [0.5, 0.6) is 5.75 Å². The number of carboxylic acids is 1. The van der Waals surface area contributed by atoms with Gasteiger partial charge in [0.2, 0.25) is 5.91 Å². The number of amides is 1.